The Bertz CT molecular complexity index is 1090. The summed E-state index contributed by atoms with van der Waals surface area (Å²) in [6.45, 7) is 10.2. The van der Waals surface area contributed by atoms with E-state index in [9.17, 15) is 9.59 Å². The summed E-state index contributed by atoms with van der Waals surface area (Å²) in [5.74, 6) is -2.01. The number of rotatable bonds is 2. The summed E-state index contributed by atoms with van der Waals surface area (Å²) in [6, 6.07) is -1.46. The molecule has 3 amide bonds. The van der Waals surface area contributed by atoms with Crippen molar-refractivity contribution in [2.75, 3.05) is 32.8 Å². The van der Waals surface area contributed by atoms with E-state index in [4.69, 9.17) is 21.1 Å². The molecule has 5 heterocycles. The predicted octanol–water partition coefficient (Wildman–Crippen LogP) is 2.29. The number of carbonyl (C=O) groups excluding carboxylic acids is 2. The van der Waals surface area contributed by atoms with Gasteiger partial charge in [-0.1, -0.05) is 20.4 Å². The molecule has 0 aromatic rings. The molecule has 14 unspecified atom stereocenters. The second-order valence-electron chi connectivity index (χ2n) is 13.8. The lowest BCUT2D eigenvalue weighted by atomic mass is 9.63. The van der Waals surface area contributed by atoms with Gasteiger partial charge in [0.2, 0.25) is 5.91 Å². The van der Waals surface area contributed by atoms with Crippen LogP contribution in [0.5, 0.6) is 0 Å². The van der Waals surface area contributed by atoms with Crippen molar-refractivity contribution in [3.8, 4) is 0 Å². The first-order valence-electron chi connectivity index (χ1n) is 15.9. The van der Waals surface area contributed by atoms with Crippen molar-refractivity contribution in [3.05, 3.63) is 12.7 Å². The summed E-state index contributed by atoms with van der Waals surface area (Å²) in [5, 5.41) is 6.10. The van der Waals surface area contributed by atoms with Gasteiger partial charge in [-0.3, -0.25) is 9.69 Å². The molecule has 2 N–H and O–H groups in total. The number of urea groups is 1. The highest BCUT2D eigenvalue weighted by molar-refractivity contribution is 6.21. The molecule has 5 saturated heterocycles. The molecule has 0 aromatic heterocycles. The van der Waals surface area contributed by atoms with E-state index in [0.717, 1.165) is 6.54 Å². The van der Waals surface area contributed by atoms with Gasteiger partial charge in [0, 0.05) is 43.4 Å². The number of hydrogen-bond donors (Lipinski definition) is 2. The summed E-state index contributed by atoms with van der Waals surface area (Å²) in [4.78, 5) is 32.6. The minimum absolute atomic E-state index is 0.0656. The number of hydrogen-bond acceptors (Lipinski definition) is 6. The largest absolute Gasteiger partial charge is 0.373 e. The van der Waals surface area contributed by atoms with E-state index in [0.29, 0.717) is 45.3 Å². The van der Waals surface area contributed by atoms with Gasteiger partial charge in [-0.25, -0.2) is 13.6 Å². The molecule has 234 valence electrons. The number of fused-ring (bicyclic) bond motifs is 7. The fourth-order valence-electron chi connectivity index (χ4n) is 9.63. The van der Waals surface area contributed by atoms with Crippen LogP contribution < -0.4 is 10.6 Å². The number of piperidine rings is 1. The molecule has 12 heteroatoms. The molecule has 7 aliphatic rings. The molecule has 9 nitrogen and oxygen atoms in total. The van der Waals surface area contributed by atoms with Crippen LogP contribution in [0.4, 0.5) is 13.6 Å². The summed E-state index contributed by atoms with van der Waals surface area (Å²) < 4.78 is 46.4. The molecule has 2 aliphatic carbocycles. The monoisotopic (exact) mass is 611 g/mol. The van der Waals surface area contributed by atoms with Crippen molar-refractivity contribution in [3.63, 3.8) is 0 Å². The number of amides is 3. The van der Waals surface area contributed by atoms with Crippen LogP contribution in [0.3, 0.4) is 0 Å². The van der Waals surface area contributed by atoms with Crippen molar-refractivity contribution in [2.45, 2.75) is 106 Å². The van der Waals surface area contributed by atoms with Gasteiger partial charge in [-0.2, -0.15) is 0 Å². The van der Waals surface area contributed by atoms with E-state index in [1.54, 1.807) is 4.90 Å². The van der Waals surface area contributed by atoms with Gasteiger partial charge in [-0.05, 0) is 44.2 Å². The fourth-order valence-corrected chi connectivity index (χ4v) is 10.2. The van der Waals surface area contributed by atoms with Gasteiger partial charge in [0.05, 0.1) is 54.6 Å². The first-order valence-corrected chi connectivity index (χ1v) is 16.3. The lowest BCUT2D eigenvalue weighted by Crippen LogP contribution is -2.79. The van der Waals surface area contributed by atoms with Gasteiger partial charge >= 0.3 is 6.03 Å². The third-order valence-corrected chi connectivity index (χ3v) is 11.9. The van der Waals surface area contributed by atoms with Gasteiger partial charge in [0.25, 0.3) is 0 Å². The zero-order valence-corrected chi connectivity index (χ0v) is 25.2. The Morgan fingerprint density at radius 3 is 2.69 bits per heavy atom. The zero-order valence-electron chi connectivity index (χ0n) is 24.4. The smallest absolute Gasteiger partial charge is 0.319 e. The molecule has 2 saturated carbocycles. The van der Waals surface area contributed by atoms with E-state index in [2.05, 4.69) is 36.0 Å². The number of piperazine rings is 1. The predicted molar refractivity (Wildman–Crippen MR) is 152 cm³/mol. The van der Waals surface area contributed by atoms with Gasteiger partial charge < -0.3 is 29.9 Å². The third kappa shape index (κ3) is 4.43. The molecule has 2 bridgehead atoms. The SMILES string of the molecule is C=CC(=O)N1CCN2C(COC3C(F)C4C(Cl)C5C3C2NC(=O)N5C2C(CCNC2C(C)C)OC2CCCC(F)C24)C1. The van der Waals surface area contributed by atoms with E-state index in [-0.39, 0.29) is 48.7 Å². The Labute approximate surface area is 251 Å². The standard InChI is InChI=1S/C30H44ClF2N5O4/c1-4-19(39)36-10-11-37-15(12-36)13-41-28-22-27-23(31)21(24(28)33)20-16(32)6-5-7-17(20)42-18-8-9-34-25(14(2)3)26(18)38(27)30(40)35-29(22)37/h4,14-18,20-29,34H,1,5-13H2,2-3H3,(H,35,40). The van der Waals surface area contributed by atoms with Crippen molar-refractivity contribution >= 4 is 23.5 Å². The Morgan fingerprint density at radius 1 is 1.12 bits per heavy atom. The van der Waals surface area contributed by atoms with E-state index in [1.807, 2.05) is 4.90 Å². The molecular formula is C30H44ClF2N5O4. The van der Waals surface area contributed by atoms with E-state index < -0.39 is 59.9 Å². The van der Waals surface area contributed by atoms with Crippen LogP contribution >= 0.6 is 11.6 Å². The van der Waals surface area contributed by atoms with Gasteiger partial charge in [0.1, 0.15) is 12.3 Å². The summed E-state index contributed by atoms with van der Waals surface area (Å²) in [5.41, 5.74) is 0. The average molecular weight is 612 g/mol. The first-order chi connectivity index (χ1) is 20.2. The van der Waals surface area contributed by atoms with Crippen molar-refractivity contribution in [2.24, 2.45) is 23.7 Å². The van der Waals surface area contributed by atoms with Crippen LogP contribution in [-0.4, -0.2) is 126 Å². The molecule has 0 spiro atoms. The molecule has 7 fully saturated rings. The van der Waals surface area contributed by atoms with Crippen LogP contribution in [0.1, 0.15) is 39.5 Å². The zero-order chi connectivity index (χ0) is 29.4. The Balaban J connectivity index is 1.35. The second-order valence-corrected chi connectivity index (χ2v) is 14.3. The van der Waals surface area contributed by atoms with Gasteiger partial charge in [0.15, 0.2) is 0 Å². The minimum Gasteiger partial charge on any atom is -0.373 e. The lowest BCUT2D eigenvalue weighted by molar-refractivity contribution is -0.144. The van der Waals surface area contributed by atoms with Crippen molar-refractivity contribution < 1.29 is 27.8 Å². The fraction of sp³-hybridized carbons (Fsp3) is 0.867. The Hall–Kier alpha value is -1.53. The number of halogens is 3. The second kappa shape index (κ2) is 11.1. The molecule has 42 heavy (non-hydrogen) atoms. The lowest BCUT2D eigenvalue weighted by Gasteiger charge is -2.60. The topological polar surface area (TPSA) is 86.4 Å². The van der Waals surface area contributed by atoms with Crippen LogP contribution in [0, 0.1) is 23.7 Å². The highest BCUT2D eigenvalue weighted by atomic mass is 35.5. The maximum atomic E-state index is 17.1. The quantitative estimate of drug-likeness (QED) is 0.368. The molecule has 14 atom stereocenters. The molecule has 0 aromatic carbocycles. The highest BCUT2D eigenvalue weighted by Gasteiger charge is 2.66. The van der Waals surface area contributed by atoms with Crippen LogP contribution in [0.2, 0.25) is 0 Å². The van der Waals surface area contributed by atoms with Gasteiger partial charge in [-0.15, -0.1) is 11.6 Å². The number of nitrogens with zero attached hydrogens (tertiary/aromatic N) is 3. The summed E-state index contributed by atoms with van der Waals surface area (Å²) in [7, 11) is 0. The Morgan fingerprint density at radius 2 is 1.93 bits per heavy atom. The Kier molecular flexibility index (Phi) is 7.73. The molecule has 7 rings (SSSR count). The van der Waals surface area contributed by atoms with Crippen LogP contribution in [0.15, 0.2) is 12.7 Å². The normalized spacial score (nSPS) is 48.9. The number of alkyl halides is 3. The molecule has 5 aliphatic heterocycles. The average Bonchev–Trinajstić information content (AvgIpc) is 3.10. The van der Waals surface area contributed by atoms with Crippen molar-refractivity contribution in [1.82, 2.24) is 25.3 Å². The van der Waals surface area contributed by atoms with Crippen molar-refractivity contribution in [1.29, 1.82) is 0 Å². The van der Waals surface area contributed by atoms with Crippen LogP contribution in [0.25, 0.3) is 0 Å². The number of nitrogens with one attached hydrogen (secondary N) is 2. The van der Waals surface area contributed by atoms with E-state index in [1.165, 1.54) is 6.08 Å². The highest BCUT2D eigenvalue weighted by Crippen LogP contribution is 2.53. The first kappa shape index (κ1) is 29.2. The minimum atomic E-state index is -1.52. The van der Waals surface area contributed by atoms with E-state index >= 15 is 8.78 Å². The molecular weight excluding hydrogens is 568 g/mol. The van der Waals surface area contributed by atoms with Crippen LogP contribution in [-0.2, 0) is 14.3 Å². The molecule has 0 radical (unpaired) electrons. The maximum Gasteiger partial charge on any atom is 0.319 e. The summed E-state index contributed by atoms with van der Waals surface area (Å²) >= 11 is 7.42. The number of carbonyl (C=O) groups is 2. The number of ether oxygens (including phenoxy) is 2. The maximum absolute atomic E-state index is 17.1. The third-order valence-electron chi connectivity index (χ3n) is 11.4. The summed E-state index contributed by atoms with van der Waals surface area (Å²) in [6.07, 6.45) is -1.27.